The fourth-order valence-corrected chi connectivity index (χ4v) is 5.28. The van der Waals surface area contributed by atoms with E-state index in [1.165, 1.54) is 11.0 Å². The lowest BCUT2D eigenvalue weighted by Crippen LogP contribution is -2.29. The zero-order chi connectivity index (χ0) is 29.0. The molecule has 0 saturated carbocycles. The highest BCUT2D eigenvalue weighted by Crippen LogP contribution is 2.44. The molecule has 1 saturated heterocycles. The first-order valence-electron chi connectivity index (χ1n) is 12.7. The zero-order valence-electron chi connectivity index (χ0n) is 22.3. The largest absolute Gasteiger partial charge is 0.507 e. The molecule has 2 heterocycles. The average Bonchev–Trinajstić information content (AvgIpc) is 3.43. The van der Waals surface area contributed by atoms with Crippen LogP contribution in [0.5, 0.6) is 5.75 Å². The van der Waals surface area contributed by atoms with Gasteiger partial charge in [-0.2, -0.15) is 0 Å². The summed E-state index contributed by atoms with van der Waals surface area (Å²) in [5.74, 6) is -1.73. The molecule has 208 valence electrons. The minimum absolute atomic E-state index is 0.0146. The van der Waals surface area contributed by atoms with E-state index in [4.69, 9.17) is 21.1 Å². The molecule has 1 amide bonds. The van der Waals surface area contributed by atoms with E-state index in [0.717, 1.165) is 17.8 Å². The molecular formula is C30H29ClN2O6S. The third-order valence-electron chi connectivity index (χ3n) is 6.21. The van der Waals surface area contributed by atoms with Crippen LogP contribution in [0.25, 0.3) is 5.76 Å². The van der Waals surface area contributed by atoms with Gasteiger partial charge in [0.15, 0.2) is 5.13 Å². The fourth-order valence-electron chi connectivity index (χ4n) is 4.17. The van der Waals surface area contributed by atoms with Crippen LogP contribution >= 0.6 is 22.9 Å². The molecule has 2 aromatic carbocycles. The standard InChI is InChI=1S/C30H29ClN2O6S/c1-5-14-39-29(37)27-18(4)32-30(40-27)33-24(20-7-6-8-22(16-20)38-15-13-17(2)3)23(26(35)28(33)36)25(34)19-9-11-21(31)12-10-19/h5-12,16-17,24,34H,1,13-15H2,2-4H3/b25-23+. The Hall–Kier alpha value is -3.95. The molecule has 0 bridgehead atoms. The topological polar surface area (TPSA) is 106 Å². The average molecular weight is 581 g/mol. The number of Topliss-reactive ketones (excluding diaryl/α,β-unsaturated/α-hetero) is 1. The Kier molecular flexibility index (Phi) is 9.07. The summed E-state index contributed by atoms with van der Waals surface area (Å²) in [7, 11) is 0. The molecule has 1 aromatic heterocycles. The van der Waals surface area contributed by atoms with Crippen LogP contribution in [-0.4, -0.2) is 41.0 Å². The molecule has 1 atom stereocenters. The number of carbonyl (C=O) groups is 3. The number of amides is 1. The van der Waals surface area contributed by atoms with Gasteiger partial charge < -0.3 is 14.6 Å². The molecule has 1 N–H and O–H groups in total. The van der Waals surface area contributed by atoms with Gasteiger partial charge in [-0.3, -0.25) is 14.5 Å². The number of ketones is 1. The predicted molar refractivity (Wildman–Crippen MR) is 155 cm³/mol. The number of aromatic nitrogens is 1. The number of aliphatic hydroxyl groups is 1. The molecule has 0 aliphatic carbocycles. The van der Waals surface area contributed by atoms with E-state index in [-0.39, 0.29) is 27.9 Å². The van der Waals surface area contributed by atoms with Gasteiger partial charge in [0.25, 0.3) is 5.78 Å². The number of benzene rings is 2. The fraction of sp³-hybridized carbons (Fsp3) is 0.267. The van der Waals surface area contributed by atoms with Crippen molar-refractivity contribution in [1.29, 1.82) is 0 Å². The first-order valence-corrected chi connectivity index (χ1v) is 13.9. The summed E-state index contributed by atoms with van der Waals surface area (Å²) in [6.45, 7) is 9.87. The molecule has 40 heavy (non-hydrogen) atoms. The van der Waals surface area contributed by atoms with Crippen molar-refractivity contribution in [3.05, 3.63) is 93.5 Å². The number of aryl methyl sites for hydroxylation is 1. The van der Waals surface area contributed by atoms with Crippen LogP contribution in [0.15, 0.2) is 66.8 Å². The van der Waals surface area contributed by atoms with Crippen molar-refractivity contribution in [2.45, 2.75) is 33.2 Å². The number of hydrogen-bond donors (Lipinski definition) is 1. The highest BCUT2D eigenvalue weighted by molar-refractivity contribution is 7.17. The number of carbonyl (C=O) groups excluding carboxylic acids is 3. The second-order valence-corrected chi connectivity index (χ2v) is 11.0. The van der Waals surface area contributed by atoms with E-state index in [0.29, 0.717) is 40.1 Å². The monoisotopic (exact) mass is 580 g/mol. The summed E-state index contributed by atoms with van der Waals surface area (Å²) in [4.78, 5) is 45.4. The third-order valence-corrected chi connectivity index (χ3v) is 7.60. The van der Waals surface area contributed by atoms with E-state index in [2.05, 4.69) is 25.4 Å². The molecule has 8 nitrogen and oxygen atoms in total. The van der Waals surface area contributed by atoms with E-state index in [9.17, 15) is 19.5 Å². The minimum atomic E-state index is -1.04. The lowest BCUT2D eigenvalue weighted by Gasteiger charge is -2.23. The van der Waals surface area contributed by atoms with Gasteiger partial charge in [-0.1, -0.05) is 61.6 Å². The Morgan fingerprint density at radius 3 is 2.62 bits per heavy atom. The van der Waals surface area contributed by atoms with Gasteiger partial charge in [0.1, 0.15) is 23.0 Å². The van der Waals surface area contributed by atoms with Crippen LogP contribution in [-0.2, 0) is 14.3 Å². The summed E-state index contributed by atoms with van der Waals surface area (Å²) >= 11 is 6.95. The maximum atomic E-state index is 13.5. The minimum Gasteiger partial charge on any atom is -0.507 e. The number of nitrogens with zero attached hydrogens (tertiary/aromatic N) is 2. The van der Waals surface area contributed by atoms with Gasteiger partial charge in [-0.15, -0.1) is 0 Å². The normalized spacial score (nSPS) is 16.4. The zero-order valence-corrected chi connectivity index (χ0v) is 23.9. The Labute approximate surface area is 241 Å². The Bertz CT molecular complexity index is 1480. The van der Waals surface area contributed by atoms with Crippen molar-refractivity contribution in [3.63, 3.8) is 0 Å². The predicted octanol–water partition coefficient (Wildman–Crippen LogP) is 6.50. The quantitative estimate of drug-likeness (QED) is 0.0959. The molecule has 10 heteroatoms. The highest BCUT2D eigenvalue weighted by Gasteiger charge is 2.48. The summed E-state index contributed by atoms with van der Waals surface area (Å²) in [6.07, 6.45) is 2.29. The lowest BCUT2D eigenvalue weighted by atomic mass is 9.95. The summed E-state index contributed by atoms with van der Waals surface area (Å²) < 4.78 is 11.1. The van der Waals surface area contributed by atoms with Crippen LogP contribution in [0.3, 0.4) is 0 Å². The molecular weight excluding hydrogens is 552 g/mol. The van der Waals surface area contributed by atoms with Crippen LogP contribution in [0, 0.1) is 12.8 Å². The number of anilines is 1. The first-order chi connectivity index (χ1) is 19.1. The molecule has 3 aromatic rings. The van der Waals surface area contributed by atoms with Crippen LogP contribution in [0.1, 0.15) is 52.8 Å². The van der Waals surface area contributed by atoms with Crippen molar-refractivity contribution in [2.24, 2.45) is 5.92 Å². The SMILES string of the molecule is C=CCOC(=O)c1sc(N2C(=O)C(=O)/C(=C(/O)c3ccc(Cl)cc3)C2c2cccc(OCCC(C)C)c2)nc1C. The van der Waals surface area contributed by atoms with Gasteiger partial charge in [0, 0.05) is 10.6 Å². The lowest BCUT2D eigenvalue weighted by molar-refractivity contribution is -0.132. The van der Waals surface area contributed by atoms with Crippen LogP contribution in [0.2, 0.25) is 5.02 Å². The number of hydrogen-bond acceptors (Lipinski definition) is 8. The number of ether oxygens (including phenoxy) is 2. The van der Waals surface area contributed by atoms with Gasteiger partial charge >= 0.3 is 11.9 Å². The number of halogens is 1. The first kappa shape index (κ1) is 29.0. The number of thiazole rings is 1. The maximum absolute atomic E-state index is 13.5. The molecule has 0 spiro atoms. The molecule has 1 fully saturated rings. The third kappa shape index (κ3) is 6.11. The molecule has 1 unspecified atom stereocenters. The van der Waals surface area contributed by atoms with Gasteiger partial charge in [0.2, 0.25) is 0 Å². The van der Waals surface area contributed by atoms with Gasteiger partial charge in [0.05, 0.1) is 23.9 Å². The van der Waals surface area contributed by atoms with Crippen molar-refractivity contribution < 1.29 is 29.0 Å². The number of esters is 1. The van der Waals surface area contributed by atoms with Crippen molar-refractivity contribution in [1.82, 2.24) is 4.98 Å². The number of aliphatic hydroxyl groups excluding tert-OH is 1. The van der Waals surface area contributed by atoms with E-state index < -0.39 is 23.7 Å². The molecule has 4 rings (SSSR count). The summed E-state index contributed by atoms with van der Waals surface area (Å²) in [6, 6.07) is 12.3. The van der Waals surface area contributed by atoms with Crippen molar-refractivity contribution >= 4 is 51.5 Å². The number of rotatable bonds is 10. The Morgan fingerprint density at radius 2 is 1.95 bits per heavy atom. The van der Waals surface area contributed by atoms with Crippen LogP contribution in [0.4, 0.5) is 5.13 Å². The highest BCUT2D eigenvalue weighted by atomic mass is 35.5. The van der Waals surface area contributed by atoms with E-state index in [1.54, 1.807) is 55.5 Å². The Morgan fingerprint density at radius 1 is 1.23 bits per heavy atom. The van der Waals surface area contributed by atoms with Crippen molar-refractivity contribution in [3.8, 4) is 5.75 Å². The molecule has 1 aliphatic rings. The molecule has 1 aliphatic heterocycles. The van der Waals surface area contributed by atoms with E-state index in [1.807, 2.05) is 0 Å². The van der Waals surface area contributed by atoms with Crippen molar-refractivity contribution in [2.75, 3.05) is 18.1 Å². The van der Waals surface area contributed by atoms with E-state index >= 15 is 0 Å². The summed E-state index contributed by atoms with van der Waals surface area (Å²) in [5.41, 5.74) is 1.08. The molecule has 0 radical (unpaired) electrons. The van der Waals surface area contributed by atoms with Gasteiger partial charge in [-0.05, 0) is 61.2 Å². The maximum Gasteiger partial charge on any atom is 0.350 e. The Balaban J connectivity index is 1.84. The summed E-state index contributed by atoms with van der Waals surface area (Å²) in [5, 5.41) is 11.9. The van der Waals surface area contributed by atoms with Crippen LogP contribution < -0.4 is 9.64 Å². The smallest absolute Gasteiger partial charge is 0.350 e. The van der Waals surface area contributed by atoms with Gasteiger partial charge in [-0.25, -0.2) is 9.78 Å². The second-order valence-electron chi connectivity index (χ2n) is 9.58. The second kappa shape index (κ2) is 12.5.